The topological polar surface area (TPSA) is 165 Å². The zero-order valence-corrected chi connectivity index (χ0v) is 17.8. The number of primary amides is 1. The van der Waals surface area contributed by atoms with Gasteiger partial charge in [0.15, 0.2) is 0 Å². The second-order valence-electron chi connectivity index (χ2n) is 7.65. The number of hydrogen-bond donors (Lipinski definition) is 4. The molecule has 0 saturated heterocycles. The van der Waals surface area contributed by atoms with Gasteiger partial charge in [-0.1, -0.05) is 0 Å². The Hall–Kier alpha value is -3.82. The van der Waals surface area contributed by atoms with Gasteiger partial charge in [-0.25, -0.2) is 14.4 Å². The van der Waals surface area contributed by atoms with Crippen molar-refractivity contribution in [3.05, 3.63) is 45.5 Å². The molecule has 0 saturated carbocycles. The molecule has 0 spiro atoms. The SMILES string of the molecule is Cc1coc2cc3oc(=O)c(CCC(=O)N[C@@H](CCCNC(N)=O)C(=O)O)c(C)c3cc12. The molecule has 0 fully saturated rings. The van der Waals surface area contributed by atoms with E-state index in [2.05, 4.69) is 10.6 Å². The predicted octanol–water partition coefficient (Wildman–Crippen LogP) is 2.11. The summed E-state index contributed by atoms with van der Waals surface area (Å²) < 4.78 is 10.9. The number of aryl methyl sites for hydroxylation is 2. The molecule has 0 bridgehead atoms. The number of nitrogens with two attached hydrogens (primary N) is 1. The monoisotopic (exact) mass is 443 g/mol. The molecule has 1 aromatic carbocycles. The van der Waals surface area contributed by atoms with E-state index < -0.39 is 29.6 Å². The fraction of sp³-hybridized carbons (Fsp3) is 0.364. The van der Waals surface area contributed by atoms with Crippen molar-refractivity contribution in [2.24, 2.45) is 5.73 Å². The normalized spacial score (nSPS) is 12.1. The lowest BCUT2D eigenvalue weighted by Gasteiger charge is -2.15. The van der Waals surface area contributed by atoms with Gasteiger partial charge in [0, 0.05) is 35.4 Å². The Morgan fingerprint density at radius 3 is 2.59 bits per heavy atom. The summed E-state index contributed by atoms with van der Waals surface area (Å²) in [5.74, 6) is -1.68. The van der Waals surface area contributed by atoms with Crippen LogP contribution < -0.4 is 22.0 Å². The molecule has 170 valence electrons. The van der Waals surface area contributed by atoms with Crippen molar-refractivity contribution in [1.82, 2.24) is 10.6 Å². The minimum Gasteiger partial charge on any atom is -0.480 e. The van der Waals surface area contributed by atoms with Gasteiger partial charge >= 0.3 is 17.6 Å². The van der Waals surface area contributed by atoms with Crippen molar-refractivity contribution in [1.29, 1.82) is 0 Å². The van der Waals surface area contributed by atoms with Crippen molar-refractivity contribution < 1.29 is 28.3 Å². The molecule has 0 unspecified atom stereocenters. The molecule has 10 heteroatoms. The van der Waals surface area contributed by atoms with E-state index >= 15 is 0 Å². The number of furan rings is 1. The summed E-state index contributed by atoms with van der Waals surface area (Å²) >= 11 is 0. The molecule has 10 nitrogen and oxygen atoms in total. The molecule has 2 aromatic heterocycles. The molecule has 32 heavy (non-hydrogen) atoms. The van der Waals surface area contributed by atoms with E-state index in [0.29, 0.717) is 28.7 Å². The van der Waals surface area contributed by atoms with Crippen molar-refractivity contribution in [3.8, 4) is 0 Å². The van der Waals surface area contributed by atoms with E-state index in [1.807, 2.05) is 13.0 Å². The maximum absolute atomic E-state index is 12.5. The number of nitrogens with one attached hydrogen (secondary N) is 2. The van der Waals surface area contributed by atoms with E-state index in [4.69, 9.17) is 14.6 Å². The number of urea groups is 1. The number of carboxylic acids is 1. The van der Waals surface area contributed by atoms with Crippen LogP contribution in [0.25, 0.3) is 21.9 Å². The predicted molar refractivity (Wildman–Crippen MR) is 116 cm³/mol. The summed E-state index contributed by atoms with van der Waals surface area (Å²) in [6.07, 6.45) is 2.11. The van der Waals surface area contributed by atoms with Gasteiger partial charge < -0.3 is 30.3 Å². The van der Waals surface area contributed by atoms with Gasteiger partial charge in [-0.15, -0.1) is 0 Å². The van der Waals surface area contributed by atoms with E-state index in [1.165, 1.54) is 0 Å². The van der Waals surface area contributed by atoms with Crippen molar-refractivity contribution in [2.75, 3.05) is 6.54 Å². The number of carbonyl (C=O) groups is 3. The van der Waals surface area contributed by atoms with Crippen LogP contribution in [0.1, 0.15) is 36.0 Å². The van der Waals surface area contributed by atoms with Gasteiger partial charge in [0.05, 0.1) is 6.26 Å². The standard InChI is InChI=1S/C22H25N3O7/c1-11-10-31-17-9-18-15(8-14(11)17)12(2)13(21(29)32-18)5-6-19(26)25-16(20(27)28)4-3-7-24-22(23)30/h8-10,16H,3-7H2,1-2H3,(H,25,26)(H,27,28)(H3,23,24,30)/t16-/m0/s1. The van der Waals surface area contributed by atoms with E-state index in [1.54, 1.807) is 19.3 Å². The summed E-state index contributed by atoms with van der Waals surface area (Å²) in [6, 6.07) is 1.76. The molecule has 3 rings (SSSR count). The van der Waals surface area contributed by atoms with Gasteiger partial charge in [0.1, 0.15) is 17.2 Å². The molecular weight excluding hydrogens is 418 g/mol. The highest BCUT2D eigenvalue weighted by Crippen LogP contribution is 2.29. The molecule has 0 aliphatic heterocycles. The first-order chi connectivity index (χ1) is 15.2. The van der Waals surface area contributed by atoms with Gasteiger partial charge in [-0.2, -0.15) is 0 Å². The van der Waals surface area contributed by atoms with E-state index in [-0.39, 0.29) is 25.8 Å². The third-order valence-electron chi connectivity index (χ3n) is 5.38. The Morgan fingerprint density at radius 2 is 1.91 bits per heavy atom. The van der Waals surface area contributed by atoms with Crippen LogP contribution in [0.5, 0.6) is 0 Å². The van der Waals surface area contributed by atoms with Crippen LogP contribution >= 0.6 is 0 Å². The fourth-order valence-corrected chi connectivity index (χ4v) is 3.61. The zero-order chi connectivity index (χ0) is 23.4. The highest BCUT2D eigenvalue weighted by molar-refractivity contribution is 5.96. The Labute approximate surface area is 182 Å². The smallest absolute Gasteiger partial charge is 0.339 e. The lowest BCUT2D eigenvalue weighted by molar-refractivity contribution is -0.142. The molecule has 0 aliphatic carbocycles. The minimum absolute atomic E-state index is 0.0760. The lowest BCUT2D eigenvalue weighted by atomic mass is 10.0. The maximum atomic E-state index is 12.5. The number of hydrogen-bond acceptors (Lipinski definition) is 6. The fourth-order valence-electron chi connectivity index (χ4n) is 3.61. The number of carbonyl (C=O) groups excluding carboxylic acids is 2. The lowest BCUT2D eigenvalue weighted by Crippen LogP contribution is -2.41. The summed E-state index contributed by atoms with van der Waals surface area (Å²) in [5, 5.41) is 15.8. The number of fused-ring (bicyclic) bond motifs is 2. The van der Waals surface area contributed by atoms with Crippen LogP contribution in [-0.4, -0.2) is 35.6 Å². The van der Waals surface area contributed by atoms with Crippen molar-refractivity contribution in [2.45, 2.75) is 45.6 Å². The van der Waals surface area contributed by atoms with E-state index in [0.717, 1.165) is 16.3 Å². The third kappa shape index (κ3) is 5.08. The average molecular weight is 443 g/mol. The van der Waals surface area contributed by atoms with Crippen LogP contribution in [0.2, 0.25) is 0 Å². The van der Waals surface area contributed by atoms with Gasteiger partial charge in [-0.3, -0.25) is 4.79 Å². The van der Waals surface area contributed by atoms with Gasteiger partial charge in [0.25, 0.3) is 0 Å². The molecule has 1 atom stereocenters. The molecular formula is C22H25N3O7. The molecule has 0 aliphatic rings. The van der Waals surface area contributed by atoms with Gasteiger partial charge in [0.2, 0.25) is 5.91 Å². The Balaban J connectivity index is 1.70. The number of benzene rings is 1. The van der Waals surface area contributed by atoms with Crippen molar-refractivity contribution >= 4 is 39.8 Å². The highest BCUT2D eigenvalue weighted by atomic mass is 16.4. The summed E-state index contributed by atoms with van der Waals surface area (Å²) in [6.45, 7) is 3.91. The van der Waals surface area contributed by atoms with E-state index in [9.17, 15) is 24.3 Å². The molecule has 2 heterocycles. The average Bonchev–Trinajstić information content (AvgIpc) is 3.08. The number of aliphatic carboxylic acids is 1. The molecule has 3 aromatic rings. The van der Waals surface area contributed by atoms with Crippen LogP contribution in [0, 0.1) is 13.8 Å². The second-order valence-corrected chi connectivity index (χ2v) is 7.65. The van der Waals surface area contributed by atoms with Gasteiger partial charge in [-0.05, 0) is 50.3 Å². The maximum Gasteiger partial charge on any atom is 0.339 e. The zero-order valence-electron chi connectivity index (χ0n) is 17.8. The van der Waals surface area contributed by atoms with Crippen LogP contribution in [-0.2, 0) is 16.0 Å². The third-order valence-corrected chi connectivity index (χ3v) is 5.38. The first-order valence-corrected chi connectivity index (χ1v) is 10.2. The Morgan fingerprint density at radius 1 is 1.16 bits per heavy atom. The number of amides is 3. The van der Waals surface area contributed by atoms with Crippen molar-refractivity contribution in [3.63, 3.8) is 0 Å². The quantitative estimate of drug-likeness (QED) is 0.290. The Bertz CT molecular complexity index is 1240. The first kappa shape index (κ1) is 22.9. The second kappa shape index (κ2) is 9.54. The summed E-state index contributed by atoms with van der Waals surface area (Å²) in [7, 11) is 0. The summed E-state index contributed by atoms with van der Waals surface area (Å²) in [5.41, 5.74) is 7.47. The number of rotatable bonds is 9. The van der Waals surface area contributed by atoms with Crippen LogP contribution in [0.4, 0.5) is 4.79 Å². The molecule has 0 radical (unpaired) electrons. The van der Waals surface area contributed by atoms with Crippen LogP contribution in [0.15, 0.2) is 32.0 Å². The largest absolute Gasteiger partial charge is 0.480 e. The molecule has 3 amide bonds. The minimum atomic E-state index is -1.18. The van der Waals surface area contributed by atoms with Crippen LogP contribution in [0.3, 0.4) is 0 Å². The Kier molecular flexibility index (Phi) is 6.82. The molecule has 5 N–H and O–H groups in total. The first-order valence-electron chi connectivity index (χ1n) is 10.2. The highest BCUT2D eigenvalue weighted by Gasteiger charge is 2.21. The number of carboxylic acid groups (broad SMARTS) is 1. The summed E-state index contributed by atoms with van der Waals surface area (Å²) in [4.78, 5) is 46.9.